The van der Waals surface area contributed by atoms with Crippen LogP contribution in [0.15, 0.2) is 45.8 Å². The first kappa shape index (κ1) is 22.0. The quantitative estimate of drug-likeness (QED) is 0.732. The molecule has 2 aromatic heterocycles. The van der Waals surface area contributed by atoms with Crippen LogP contribution in [-0.4, -0.2) is 40.4 Å². The van der Waals surface area contributed by atoms with Crippen molar-refractivity contribution in [1.29, 1.82) is 0 Å². The van der Waals surface area contributed by atoms with Gasteiger partial charge in [-0.25, -0.2) is 0 Å². The Morgan fingerprint density at radius 1 is 1.03 bits per heavy atom. The molecule has 0 aromatic carbocycles. The van der Waals surface area contributed by atoms with Crippen molar-refractivity contribution in [3.05, 3.63) is 58.4 Å². The Labute approximate surface area is 194 Å². The molecular formula is C26H33N3O4. The Kier molecular flexibility index (Phi) is 6.38. The number of hydrogen-bond donors (Lipinski definition) is 1. The summed E-state index contributed by atoms with van der Waals surface area (Å²) < 4.78 is 7.39. The molecule has 0 spiro atoms. The Morgan fingerprint density at radius 3 is 2.76 bits per heavy atom. The van der Waals surface area contributed by atoms with E-state index in [0.29, 0.717) is 31.5 Å². The van der Waals surface area contributed by atoms with Gasteiger partial charge in [-0.3, -0.25) is 14.4 Å². The molecule has 2 fully saturated rings. The molecule has 3 aliphatic rings. The summed E-state index contributed by atoms with van der Waals surface area (Å²) in [6.45, 7) is 1.98. The first-order chi connectivity index (χ1) is 16.1. The first-order valence-corrected chi connectivity index (χ1v) is 12.4. The van der Waals surface area contributed by atoms with Gasteiger partial charge in [-0.15, -0.1) is 0 Å². The van der Waals surface area contributed by atoms with Crippen molar-refractivity contribution in [2.24, 2.45) is 11.8 Å². The summed E-state index contributed by atoms with van der Waals surface area (Å²) in [5.74, 6) is 1.87. The summed E-state index contributed by atoms with van der Waals surface area (Å²) in [7, 11) is 0. The van der Waals surface area contributed by atoms with Gasteiger partial charge in [0.1, 0.15) is 5.76 Å². The molecule has 1 N–H and O–H groups in total. The maximum absolute atomic E-state index is 12.9. The zero-order chi connectivity index (χ0) is 22.8. The Morgan fingerprint density at radius 2 is 1.91 bits per heavy atom. The SMILES string of the molecule is O=C(CCC(=O)N1C[C@@H]2C[C@H](C1)c1cccc(=O)n1C2)N[C@H]1CCCC[C@@H]1Cc1ccco1. The molecule has 1 saturated heterocycles. The Bertz CT molecular complexity index is 1040. The van der Waals surface area contributed by atoms with Crippen LogP contribution in [0.25, 0.3) is 0 Å². The van der Waals surface area contributed by atoms with Gasteiger partial charge < -0.3 is 19.2 Å². The van der Waals surface area contributed by atoms with Gasteiger partial charge in [0.2, 0.25) is 11.8 Å². The molecule has 1 saturated carbocycles. The van der Waals surface area contributed by atoms with Gasteiger partial charge in [0.05, 0.1) is 6.26 Å². The number of pyridine rings is 1. The number of hydrogen-bond acceptors (Lipinski definition) is 4. The lowest BCUT2D eigenvalue weighted by Crippen LogP contribution is -2.49. The van der Waals surface area contributed by atoms with Crippen molar-refractivity contribution in [3.63, 3.8) is 0 Å². The smallest absolute Gasteiger partial charge is 0.250 e. The molecular weight excluding hydrogens is 418 g/mol. The van der Waals surface area contributed by atoms with Crippen molar-refractivity contribution in [1.82, 2.24) is 14.8 Å². The van der Waals surface area contributed by atoms with E-state index in [2.05, 4.69) is 5.32 Å². The lowest BCUT2D eigenvalue weighted by atomic mass is 9.81. The van der Waals surface area contributed by atoms with E-state index in [1.54, 1.807) is 12.3 Å². The van der Waals surface area contributed by atoms with E-state index in [9.17, 15) is 14.4 Å². The molecule has 2 aromatic rings. The molecule has 4 heterocycles. The summed E-state index contributed by atoms with van der Waals surface area (Å²) in [6, 6.07) is 9.47. The number of carbonyl (C=O) groups is 2. The zero-order valence-corrected chi connectivity index (χ0v) is 19.1. The second-order valence-corrected chi connectivity index (χ2v) is 10.00. The molecule has 33 heavy (non-hydrogen) atoms. The number of rotatable bonds is 6. The third kappa shape index (κ3) is 4.92. The fourth-order valence-corrected chi connectivity index (χ4v) is 6.09. The highest BCUT2D eigenvalue weighted by Gasteiger charge is 2.36. The summed E-state index contributed by atoms with van der Waals surface area (Å²) in [5, 5.41) is 3.21. The van der Waals surface area contributed by atoms with Gasteiger partial charge in [-0.05, 0) is 49.3 Å². The number of amides is 2. The van der Waals surface area contributed by atoms with Crippen LogP contribution >= 0.6 is 0 Å². The second-order valence-electron chi connectivity index (χ2n) is 10.00. The van der Waals surface area contributed by atoms with E-state index in [4.69, 9.17) is 4.42 Å². The highest BCUT2D eigenvalue weighted by atomic mass is 16.3. The average Bonchev–Trinajstić information content (AvgIpc) is 3.32. The van der Waals surface area contributed by atoms with E-state index in [-0.39, 0.29) is 42.2 Å². The summed E-state index contributed by atoms with van der Waals surface area (Å²) in [6.07, 6.45) is 8.41. The van der Waals surface area contributed by atoms with Crippen LogP contribution in [0, 0.1) is 11.8 Å². The molecule has 0 radical (unpaired) electrons. The Balaban J connectivity index is 1.13. The van der Waals surface area contributed by atoms with Gasteiger partial charge in [-0.1, -0.05) is 18.9 Å². The number of likely N-dealkylation sites (tertiary alicyclic amines) is 1. The predicted octanol–water partition coefficient (Wildman–Crippen LogP) is 3.08. The standard InChI is InChI=1S/C26H33N3O4/c30-24(27-22-7-2-1-5-19(22)14-21-6-4-12-33-21)10-11-25(31)28-15-18-13-20(17-28)23-8-3-9-26(32)29(23)16-18/h3-4,6,8-9,12,18-20,22H,1-2,5,7,10-11,13-17H2,(H,27,30)/t18-,19+,20+,22-/m0/s1. The third-order valence-electron chi connectivity index (χ3n) is 7.70. The molecule has 2 aliphatic heterocycles. The number of nitrogens with zero attached hydrogens (tertiary/aromatic N) is 2. The van der Waals surface area contributed by atoms with Crippen LogP contribution in [0.3, 0.4) is 0 Å². The molecule has 1 aliphatic carbocycles. The number of aromatic nitrogens is 1. The zero-order valence-electron chi connectivity index (χ0n) is 19.1. The van der Waals surface area contributed by atoms with Gasteiger partial charge in [-0.2, -0.15) is 0 Å². The molecule has 5 rings (SSSR count). The van der Waals surface area contributed by atoms with E-state index in [1.165, 1.54) is 6.42 Å². The monoisotopic (exact) mass is 451 g/mol. The molecule has 2 bridgehead atoms. The van der Waals surface area contributed by atoms with E-state index in [1.807, 2.05) is 33.7 Å². The van der Waals surface area contributed by atoms with Crippen LogP contribution in [0.2, 0.25) is 0 Å². The van der Waals surface area contributed by atoms with Crippen molar-refractivity contribution in [2.75, 3.05) is 13.1 Å². The molecule has 4 atom stereocenters. The van der Waals surface area contributed by atoms with Gasteiger partial charge in [0, 0.05) is 62.6 Å². The minimum atomic E-state index is -0.0335. The molecule has 7 nitrogen and oxygen atoms in total. The van der Waals surface area contributed by atoms with Crippen molar-refractivity contribution in [3.8, 4) is 0 Å². The molecule has 0 unspecified atom stereocenters. The minimum absolute atomic E-state index is 0.0335. The minimum Gasteiger partial charge on any atom is -0.469 e. The number of furan rings is 1. The molecule has 176 valence electrons. The predicted molar refractivity (Wildman–Crippen MR) is 124 cm³/mol. The van der Waals surface area contributed by atoms with E-state index < -0.39 is 0 Å². The van der Waals surface area contributed by atoms with Crippen molar-refractivity contribution >= 4 is 11.8 Å². The van der Waals surface area contributed by atoms with Gasteiger partial charge in [0.25, 0.3) is 5.56 Å². The molecule has 2 amide bonds. The lowest BCUT2D eigenvalue weighted by Gasteiger charge is -2.42. The average molecular weight is 452 g/mol. The van der Waals surface area contributed by atoms with E-state index in [0.717, 1.165) is 43.6 Å². The third-order valence-corrected chi connectivity index (χ3v) is 7.70. The second kappa shape index (κ2) is 9.57. The van der Waals surface area contributed by atoms with Crippen molar-refractivity contribution < 1.29 is 14.0 Å². The normalized spacial score (nSPS) is 26.5. The van der Waals surface area contributed by atoms with Crippen LogP contribution in [0.5, 0.6) is 0 Å². The highest BCUT2D eigenvalue weighted by molar-refractivity contribution is 5.84. The maximum Gasteiger partial charge on any atom is 0.250 e. The largest absolute Gasteiger partial charge is 0.469 e. The van der Waals surface area contributed by atoms with Crippen LogP contribution in [-0.2, 0) is 22.6 Å². The van der Waals surface area contributed by atoms with Gasteiger partial charge in [0.15, 0.2) is 0 Å². The lowest BCUT2D eigenvalue weighted by molar-refractivity contribution is -0.136. The number of fused-ring (bicyclic) bond motifs is 4. The van der Waals surface area contributed by atoms with Crippen LogP contribution < -0.4 is 10.9 Å². The molecule has 7 heteroatoms. The van der Waals surface area contributed by atoms with Gasteiger partial charge >= 0.3 is 0 Å². The fourth-order valence-electron chi connectivity index (χ4n) is 6.09. The number of carbonyl (C=O) groups excluding carboxylic acids is 2. The topological polar surface area (TPSA) is 84.5 Å². The highest BCUT2D eigenvalue weighted by Crippen LogP contribution is 2.35. The summed E-state index contributed by atoms with van der Waals surface area (Å²) in [4.78, 5) is 39.8. The fraction of sp³-hybridized carbons (Fsp3) is 0.577. The van der Waals surface area contributed by atoms with Crippen LogP contribution in [0.1, 0.15) is 62.3 Å². The van der Waals surface area contributed by atoms with E-state index >= 15 is 0 Å². The summed E-state index contributed by atoms with van der Waals surface area (Å²) in [5.41, 5.74) is 1.08. The van der Waals surface area contributed by atoms with Crippen LogP contribution in [0.4, 0.5) is 0 Å². The first-order valence-electron chi connectivity index (χ1n) is 12.4. The maximum atomic E-state index is 12.9. The number of nitrogens with one attached hydrogen (secondary N) is 1. The Hall–Kier alpha value is -2.83. The van der Waals surface area contributed by atoms with Crippen molar-refractivity contribution in [2.45, 2.75) is 69.9 Å². The number of piperidine rings is 1. The summed E-state index contributed by atoms with van der Waals surface area (Å²) >= 11 is 0.